The Morgan fingerprint density at radius 3 is 3.06 bits per heavy atom. The van der Waals surface area contributed by atoms with Crippen molar-refractivity contribution in [3.63, 3.8) is 0 Å². The van der Waals surface area contributed by atoms with Gasteiger partial charge < -0.3 is 11.1 Å². The number of nitrogens with zero attached hydrogens (tertiary/aromatic N) is 2. The van der Waals surface area contributed by atoms with Gasteiger partial charge in [0.25, 0.3) is 5.91 Å². The lowest BCUT2D eigenvalue weighted by molar-refractivity contribution is 0.0944. The molecule has 0 bridgehead atoms. The van der Waals surface area contributed by atoms with Crippen molar-refractivity contribution >= 4 is 33.1 Å². The molecule has 0 aromatic carbocycles. The van der Waals surface area contributed by atoms with Crippen LogP contribution in [0.2, 0.25) is 0 Å². The Kier molecular flexibility index (Phi) is 2.87. The van der Waals surface area contributed by atoms with Crippen molar-refractivity contribution in [3.8, 4) is 0 Å². The Balaban J connectivity index is 1.80. The fourth-order valence-corrected chi connectivity index (χ4v) is 3.01. The van der Waals surface area contributed by atoms with E-state index in [0.29, 0.717) is 21.3 Å². The van der Waals surface area contributed by atoms with E-state index in [1.807, 2.05) is 0 Å². The summed E-state index contributed by atoms with van der Waals surface area (Å²) in [5.41, 5.74) is 6.48. The van der Waals surface area contributed by atoms with Crippen molar-refractivity contribution in [1.82, 2.24) is 15.5 Å². The third-order valence-corrected chi connectivity index (χ3v) is 4.51. The van der Waals surface area contributed by atoms with Gasteiger partial charge in [-0.3, -0.25) is 4.79 Å². The van der Waals surface area contributed by atoms with E-state index in [0.717, 1.165) is 11.9 Å². The fourth-order valence-electron chi connectivity index (χ4n) is 2.06. The third-order valence-electron chi connectivity index (χ3n) is 3.40. The van der Waals surface area contributed by atoms with Gasteiger partial charge in [-0.2, -0.15) is 5.10 Å². The van der Waals surface area contributed by atoms with Gasteiger partial charge in [-0.25, -0.2) is 0 Å². The average Bonchev–Trinajstić information content (AvgIpc) is 2.65. The minimum absolute atomic E-state index is 0.0950. The van der Waals surface area contributed by atoms with Crippen LogP contribution in [-0.2, 0) is 0 Å². The van der Waals surface area contributed by atoms with Crippen LogP contribution in [0.5, 0.6) is 0 Å². The predicted molar refractivity (Wildman–Crippen MR) is 71.5 cm³/mol. The number of carbonyl (C=O) groups is 1. The summed E-state index contributed by atoms with van der Waals surface area (Å²) in [5.74, 6) is 0.548. The summed E-state index contributed by atoms with van der Waals surface area (Å²) in [4.78, 5) is 13.3. The molecule has 1 saturated carbocycles. The Bertz CT molecular complexity index is 591. The van der Waals surface area contributed by atoms with Gasteiger partial charge in [0, 0.05) is 11.9 Å². The van der Waals surface area contributed by atoms with Crippen LogP contribution in [0.3, 0.4) is 0 Å². The molecule has 0 spiro atoms. The number of carbonyl (C=O) groups excluding carboxylic acids is 1. The van der Waals surface area contributed by atoms with Gasteiger partial charge in [0.05, 0.1) is 11.9 Å². The Labute approximate surface area is 108 Å². The molecule has 0 aliphatic heterocycles. The zero-order chi connectivity index (χ0) is 12.5. The van der Waals surface area contributed by atoms with Gasteiger partial charge >= 0.3 is 0 Å². The molecule has 6 heteroatoms. The second-order valence-corrected chi connectivity index (χ2v) is 5.60. The number of fused-ring (bicyclic) bond motifs is 1. The number of amides is 1. The number of rotatable bonds is 3. The summed E-state index contributed by atoms with van der Waals surface area (Å²) in [6, 6.07) is 1.79. The minimum Gasteiger partial charge on any atom is -0.397 e. The monoisotopic (exact) mass is 262 g/mol. The molecule has 1 fully saturated rings. The van der Waals surface area contributed by atoms with E-state index in [1.54, 1.807) is 12.3 Å². The summed E-state index contributed by atoms with van der Waals surface area (Å²) in [5, 5.41) is 11.5. The first-order chi connectivity index (χ1) is 8.75. The van der Waals surface area contributed by atoms with Crippen LogP contribution in [0.1, 0.15) is 28.9 Å². The predicted octanol–water partition coefficient (Wildman–Crippen LogP) is 1.80. The van der Waals surface area contributed by atoms with Crippen LogP contribution in [-0.4, -0.2) is 22.6 Å². The second-order valence-electron chi connectivity index (χ2n) is 4.60. The third kappa shape index (κ3) is 1.92. The van der Waals surface area contributed by atoms with Crippen molar-refractivity contribution in [1.29, 1.82) is 0 Å². The highest BCUT2D eigenvalue weighted by molar-refractivity contribution is 7.21. The van der Waals surface area contributed by atoms with Crippen molar-refractivity contribution in [2.75, 3.05) is 12.3 Å². The summed E-state index contributed by atoms with van der Waals surface area (Å²) in [6.07, 6.45) is 5.30. The number of thiophene rings is 1. The van der Waals surface area contributed by atoms with E-state index in [1.165, 1.54) is 30.6 Å². The van der Waals surface area contributed by atoms with Crippen molar-refractivity contribution in [2.24, 2.45) is 5.92 Å². The maximum Gasteiger partial charge on any atom is 0.263 e. The van der Waals surface area contributed by atoms with Crippen molar-refractivity contribution in [3.05, 3.63) is 17.1 Å². The van der Waals surface area contributed by atoms with Crippen molar-refractivity contribution < 1.29 is 4.79 Å². The van der Waals surface area contributed by atoms with E-state index in [2.05, 4.69) is 15.5 Å². The molecule has 3 N–H and O–H groups in total. The largest absolute Gasteiger partial charge is 0.397 e. The highest BCUT2D eigenvalue weighted by Gasteiger charge is 2.21. The van der Waals surface area contributed by atoms with E-state index >= 15 is 0 Å². The van der Waals surface area contributed by atoms with Crippen LogP contribution >= 0.6 is 11.3 Å². The zero-order valence-electron chi connectivity index (χ0n) is 9.85. The zero-order valence-corrected chi connectivity index (χ0v) is 10.7. The molecule has 0 atom stereocenters. The standard InChI is InChI=1S/C12H14N4OS/c13-9-8-4-5-15-16-12(8)18-10(9)11(17)14-6-7-2-1-3-7/h4-5,7H,1-3,6,13H2,(H,14,17). The van der Waals surface area contributed by atoms with E-state index in [9.17, 15) is 4.79 Å². The number of hydrogen-bond acceptors (Lipinski definition) is 5. The van der Waals surface area contributed by atoms with E-state index < -0.39 is 0 Å². The van der Waals surface area contributed by atoms with Gasteiger partial charge in [-0.15, -0.1) is 16.4 Å². The summed E-state index contributed by atoms with van der Waals surface area (Å²) in [6.45, 7) is 0.748. The molecular weight excluding hydrogens is 248 g/mol. The number of aromatic nitrogens is 2. The maximum atomic E-state index is 12.1. The molecule has 0 saturated heterocycles. The summed E-state index contributed by atoms with van der Waals surface area (Å²) in [7, 11) is 0. The Hall–Kier alpha value is -1.69. The fraction of sp³-hybridized carbons (Fsp3) is 0.417. The number of anilines is 1. The van der Waals surface area contributed by atoms with Crippen LogP contribution in [0.4, 0.5) is 5.69 Å². The summed E-state index contributed by atoms with van der Waals surface area (Å²) < 4.78 is 0. The first kappa shape index (κ1) is 11.4. The first-order valence-corrected chi connectivity index (χ1v) is 6.85. The van der Waals surface area contributed by atoms with Crippen molar-refractivity contribution in [2.45, 2.75) is 19.3 Å². The molecule has 18 heavy (non-hydrogen) atoms. The molecule has 0 radical (unpaired) electrons. The smallest absolute Gasteiger partial charge is 0.263 e. The molecule has 3 rings (SSSR count). The van der Waals surface area contributed by atoms with E-state index in [4.69, 9.17) is 5.73 Å². The van der Waals surface area contributed by atoms with Gasteiger partial charge in [-0.05, 0) is 24.8 Å². The normalized spacial score (nSPS) is 15.6. The first-order valence-electron chi connectivity index (χ1n) is 6.03. The topological polar surface area (TPSA) is 80.9 Å². The number of nitrogen functional groups attached to an aromatic ring is 1. The van der Waals surface area contributed by atoms with Gasteiger partial charge in [-0.1, -0.05) is 6.42 Å². The molecular formula is C12H14N4OS. The minimum atomic E-state index is -0.0950. The van der Waals surface area contributed by atoms with Crippen LogP contribution in [0.15, 0.2) is 12.3 Å². The number of nitrogens with two attached hydrogens (primary N) is 1. The quantitative estimate of drug-likeness (QED) is 0.883. The molecule has 94 valence electrons. The van der Waals surface area contributed by atoms with Crippen LogP contribution < -0.4 is 11.1 Å². The lowest BCUT2D eigenvalue weighted by atomic mass is 9.85. The Morgan fingerprint density at radius 1 is 1.56 bits per heavy atom. The number of nitrogens with one attached hydrogen (secondary N) is 1. The van der Waals surface area contributed by atoms with Gasteiger partial charge in [0.15, 0.2) is 0 Å². The molecule has 0 unspecified atom stereocenters. The summed E-state index contributed by atoms with van der Waals surface area (Å²) >= 11 is 1.30. The average molecular weight is 262 g/mol. The van der Waals surface area contributed by atoms with Crippen LogP contribution in [0.25, 0.3) is 10.2 Å². The lowest BCUT2D eigenvalue weighted by Crippen LogP contribution is -2.32. The lowest BCUT2D eigenvalue weighted by Gasteiger charge is -2.25. The van der Waals surface area contributed by atoms with Gasteiger partial charge in [0.2, 0.25) is 0 Å². The molecule has 1 amide bonds. The molecule has 1 aliphatic carbocycles. The maximum absolute atomic E-state index is 12.1. The highest BCUT2D eigenvalue weighted by atomic mass is 32.1. The Morgan fingerprint density at radius 2 is 2.39 bits per heavy atom. The highest BCUT2D eigenvalue weighted by Crippen LogP contribution is 2.31. The van der Waals surface area contributed by atoms with Crippen LogP contribution in [0, 0.1) is 5.92 Å². The van der Waals surface area contributed by atoms with Gasteiger partial charge in [0.1, 0.15) is 9.71 Å². The second kappa shape index (κ2) is 4.53. The number of hydrogen-bond donors (Lipinski definition) is 2. The molecule has 2 aromatic rings. The molecule has 1 aliphatic rings. The molecule has 2 aromatic heterocycles. The SMILES string of the molecule is Nc1c(C(=O)NCC2CCC2)sc2nnccc12. The molecule has 2 heterocycles. The molecule has 5 nitrogen and oxygen atoms in total. The van der Waals surface area contributed by atoms with E-state index in [-0.39, 0.29) is 5.91 Å².